The van der Waals surface area contributed by atoms with Crippen molar-refractivity contribution in [1.29, 1.82) is 0 Å². The molecule has 28 heavy (non-hydrogen) atoms. The molecule has 1 aliphatic rings. The normalized spacial score (nSPS) is 18.0. The van der Waals surface area contributed by atoms with Gasteiger partial charge >= 0.3 is 0 Å². The van der Waals surface area contributed by atoms with Gasteiger partial charge in [0.05, 0.1) is 11.5 Å². The van der Waals surface area contributed by atoms with E-state index in [0.717, 1.165) is 5.56 Å². The highest BCUT2D eigenvalue weighted by molar-refractivity contribution is 7.91. The molecule has 1 aliphatic heterocycles. The number of sulfone groups is 1. The molecule has 0 spiro atoms. The molecule has 2 aromatic carbocycles. The zero-order valence-corrected chi connectivity index (χ0v) is 17.7. The number of benzene rings is 2. The van der Waals surface area contributed by atoms with E-state index in [1.54, 1.807) is 29.2 Å². The first-order chi connectivity index (χ1) is 13.2. The Morgan fingerprint density at radius 1 is 1.21 bits per heavy atom. The number of halogens is 2. The van der Waals surface area contributed by atoms with Crippen LogP contribution < -0.4 is 4.74 Å². The Hall–Kier alpha value is -1.76. The van der Waals surface area contributed by atoms with Crippen molar-refractivity contribution in [3.63, 3.8) is 0 Å². The van der Waals surface area contributed by atoms with Crippen molar-refractivity contribution in [3.8, 4) is 5.75 Å². The molecule has 1 saturated heterocycles. The summed E-state index contributed by atoms with van der Waals surface area (Å²) < 4.78 is 29.5. The number of rotatable bonds is 6. The van der Waals surface area contributed by atoms with E-state index < -0.39 is 15.9 Å². The molecule has 1 heterocycles. The van der Waals surface area contributed by atoms with Crippen LogP contribution in [0.25, 0.3) is 0 Å². The molecule has 1 atom stereocenters. The van der Waals surface area contributed by atoms with E-state index >= 15 is 0 Å². The van der Waals surface area contributed by atoms with Crippen molar-refractivity contribution < 1.29 is 17.9 Å². The van der Waals surface area contributed by atoms with Gasteiger partial charge in [0.2, 0.25) is 0 Å². The molecular formula is C20H21Cl2NO4S. The summed E-state index contributed by atoms with van der Waals surface area (Å²) in [5.41, 5.74) is 1.73. The summed E-state index contributed by atoms with van der Waals surface area (Å²) in [4.78, 5) is 14.5. The summed E-state index contributed by atoms with van der Waals surface area (Å²) in [6.45, 7) is 1.96. The first-order valence-corrected chi connectivity index (χ1v) is 11.4. The number of carbonyl (C=O) groups excluding carboxylic acids is 1. The second-order valence-corrected chi connectivity index (χ2v) is 9.99. The largest absolute Gasteiger partial charge is 0.484 e. The molecule has 3 rings (SSSR count). The summed E-state index contributed by atoms with van der Waals surface area (Å²) in [5.74, 6) is 0.342. The highest BCUT2D eigenvalue weighted by Gasteiger charge is 2.35. The first kappa shape index (κ1) is 21.0. The third-order valence-corrected chi connectivity index (χ3v) is 7.01. The Labute approximate surface area is 175 Å². The number of aryl methyl sites for hydroxylation is 1. The van der Waals surface area contributed by atoms with Gasteiger partial charge in [-0.25, -0.2) is 8.42 Å². The summed E-state index contributed by atoms with van der Waals surface area (Å²) in [7, 11) is -3.14. The molecule has 150 valence electrons. The van der Waals surface area contributed by atoms with Crippen LogP contribution in [0.4, 0.5) is 0 Å². The SMILES string of the molecule is Cc1cccc(OCC(=O)N(Cc2ccc(Cl)cc2Cl)C2CCS(=O)(=O)C2)c1. The van der Waals surface area contributed by atoms with Gasteiger partial charge in [-0.1, -0.05) is 41.4 Å². The number of carbonyl (C=O) groups is 1. The standard InChI is InChI=1S/C20H21Cl2NO4S/c1-14-3-2-4-18(9-14)27-12-20(24)23(17-7-8-28(25,26)13-17)11-15-5-6-16(21)10-19(15)22/h2-6,9-10,17H,7-8,11-13H2,1H3. The second kappa shape index (κ2) is 8.72. The van der Waals surface area contributed by atoms with Crippen molar-refractivity contribution >= 4 is 38.9 Å². The fourth-order valence-electron chi connectivity index (χ4n) is 3.21. The second-order valence-electron chi connectivity index (χ2n) is 6.92. The molecule has 5 nitrogen and oxygen atoms in total. The average Bonchev–Trinajstić information content (AvgIpc) is 2.98. The van der Waals surface area contributed by atoms with Crippen molar-refractivity contribution in [2.75, 3.05) is 18.1 Å². The fraction of sp³-hybridized carbons (Fsp3) is 0.350. The molecule has 0 saturated carbocycles. The van der Waals surface area contributed by atoms with Gasteiger partial charge in [-0.3, -0.25) is 4.79 Å². The number of hydrogen-bond donors (Lipinski definition) is 0. The maximum absolute atomic E-state index is 12.9. The van der Waals surface area contributed by atoms with Crippen molar-refractivity contribution in [1.82, 2.24) is 4.90 Å². The van der Waals surface area contributed by atoms with Crippen LogP contribution in [0.5, 0.6) is 5.75 Å². The predicted molar refractivity (Wildman–Crippen MR) is 111 cm³/mol. The monoisotopic (exact) mass is 441 g/mol. The maximum Gasteiger partial charge on any atom is 0.261 e. The molecule has 0 aromatic heterocycles. The summed E-state index contributed by atoms with van der Waals surface area (Å²) in [6, 6.07) is 12.1. The van der Waals surface area contributed by atoms with Gasteiger partial charge in [0.15, 0.2) is 16.4 Å². The number of amides is 1. The highest BCUT2D eigenvalue weighted by Crippen LogP contribution is 2.26. The molecule has 1 unspecified atom stereocenters. The van der Waals surface area contributed by atoms with E-state index in [1.165, 1.54) is 0 Å². The Morgan fingerprint density at radius 3 is 2.64 bits per heavy atom. The van der Waals surface area contributed by atoms with E-state index in [9.17, 15) is 13.2 Å². The molecule has 1 amide bonds. The Kier molecular flexibility index (Phi) is 6.53. The molecule has 0 radical (unpaired) electrons. The van der Waals surface area contributed by atoms with Gasteiger partial charge in [0, 0.05) is 22.6 Å². The third kappa shape index (κ3) is 5.40. The minimum absolute atomic E-state index is 0.0472. The van der Waals surface area contributed by atoms with Crippen LogP contribution in [0, 0.1) is 6.92 Å². The zero-order valence-electron chi connectivity index (χ0n) is 15.4. The van der Waals surface area contributed by atoms with Gasteiger partial charge in [0.25, 0.3) is 5.91 Å². The number of nitrogens with zero attached hydrogens (tertiary/aromatic N) is 1. The lowest BCUT2D eigenvalue weighted by atomic mass is 10.1. The molecule has 1 fully saturated rings. The van der Waals surface area contributed by atoms with E-state index in [0.29, 0.717) is 27.8 Å². The average molecular weight is 442 g/mol. The molecular weight excluding hydrogens is 421 g/mol. The highest BCUT2D eigenvalue weighted by atomic mass is 35.5. The van der Waals surface area contributed by atoms with E-state index in [2.05, 4.69) is 0 Å². The van der Waals surface area contributed by atoms with Gasteiger partial charge in [-0.15, -0.1) is 0 Å². The number of hydrogen-bond acceptors (Lipinski definition) is 4. The first-order valence-electron chi connectivity index (χ1n) is 8.87. The predicted octanol–water partition coefficient (Wildman–Crippen LogP) is 3.90. The maximum atomic E-state index is 12.9. The summed E-state index contributed by atoms with van der Waals surface area (Å²) in [6.07, 6.45) is 0.406. The van der Waals surface area contributed by atoms with Crippen molar-refractivity contribution in [2.45, 2.75) is 25.9 Å². The summed E-state index contributed by atoms with van der Waals surface area (Å²) >= 11 is 12.2. The molecule has 0 aliphatic carbocycles. The number of ether oxygens (including phenoxy) is 1. The Bertz CT molecular complexity index is 978. The fourth-order valence-corrected chi connectivity index (χ4v) is 5.41. The van der Waals surface area contributed by atoms with Gasteiger partial charge in [0.1, 0.15) is 5.75 Å². The van der Waals surface area contributed by atoms with Crippen LogP contribution in [-0.4, -0.2) is 43.4 Å². The van der Waals surface area contributed by atoms with Crippen LogP contribution in [-0.2, 0) is 21.2 Å². The lowest BCUT2D eigenvalue weighted by molar-refractivity contribution is -0.136. The Morgan fingerprint density at radius 2 is 2.00 bits per heavy atom. The lowest BCUT2D eigenvalue weighted by Crippen LogP contribution is -2.43. The van der Waals surface area contributed by atoms with Crippen LogP contribution in [0.3, 0.4) is 0 Å². The van der Waals surface area contributed by atoms with Gasteiger partial charge in [-0.2, -0.15) is 0 Å². The quantitative estimate of drug-likeness (QED) is 0.681. The smallest absolute Gasteiger partial charge is 0.261 e. The molecule has 0 N–H and O–H groups in total. The van der Waals surface area contributed by atoms with E-state index in [1.807, 2.05) is 25.1 Å². The molecule has 2 aromatic rings. The molecule has 8 heteroatoms. The van der Waals surface area contributed by atoms with Crippen LogP contribution >= 0.6 is 23.2 Å². The van der Waals surface area contributed by atoms with Crippen LogP contribution in [0.15, 0.2) is 42.5 Å². The topological polar surface area (TPSA) is 63.7 Å². The zero-order chi connectivity index (χ0) is 20.3. The van der Waals surface area contributed by atoms with Crippen LogP contribution in [0.2, 0.25) is 10.0 Å². The van der Waals surface area contributed by atoms with Gasteiger partial charge in [-0.05, 0) is 48.7 Å². The van der Waals surface area contributed by atoms with E-state index in [-0.39, 0.29) is 30.6 Å². The Balaban J connectivity index is 1.78. The van der Waals surface area contributed by atoms with Crippen molar-refractivity contribution in [3.05, 3.63) is 63.6 Å². The minimum Gasteiger partial charge on any atom is -0.484 e. The van der Waals surface area contributed by atoms with Crippen molar-refractivity contribution in [2.24, 2.45) is 0 Å². The minimum atomic E-state index is -3.14. The van der Waals surface area contributed by atoms with E-state index in [4.69, 9.17) is 27.9 Å². The molecule has 0 bridgehead atoms. The van der Waals surface area contributed by atoms with Gasteiger partial charge < -0.3 is 9.64 Å². The summed E-state index contributed by atoms with van der Waals surface area (Å²) in [5, 5.41) is 0.934. The van der Waals surface area contributed by atoms with Crippen LogP contribution in [0.1, 0.15) is 17.5 Å². The third-order valence-electron chi connectivity index (χ3n) is 4.68. The lowest BCUT2D eigenvalue weighted by Gasteiger charge is -2.29.